The number of thiophene rings is 2. The van der Waals surface area contributed by atoms with Crippen molar-refractivity contribution in [2.24, 2.45) is 0 Å². The van der Waals surface area contributed by atoms with E-state index < -0.39 is 0 Å². The predicted molar refractivity (Wildman–Crippen MR) is 132 cm³/mol. The lowest BCUT2D eigenvalue weighted by atomic mass is 9.96. The van der Waals surface area contributed by atoms with Gasteiger partial charge in [0.25, 0.3) is 0 Å². The van der Waals surface area contributed by atoms with Gasteiger partial charge in [0.05, 0.1) is 20.9 Å². The van der Waals surface area contributed by atoms with Crippen LogP contribution >= 0.6 is 22.7 Å². The van der Waals surface area contributed by atoms with E-state index >= 15 is 0 Å². The van der Waals surface area contributed by atoms with Gasteiger partial charge in [0.2, 0.25) is 5.78 Å². The van der Waals surface area contributed by atoms with E-state index in [0.717, 1.165) is 15.3 Å². The number of rotatable bonds is 6. The number of aryl methyl sites for hydroxylation is 2. The molecule has 0 unspecified atom stereocenters. The van der Waals surface area contributed by atoms with Crippen molar-refractivity contribution in [2.45, 2.75) is 20.8 Å². The summed E-state index contributed by atoms with van der Waals surface area (Å²) in [5.41, 5.74) is 2.37. The maximum atomic E-state index is 13.1. The van der Waals surface area contributed by atoms with Gasteiger partial charge < -0.3 is 4.52 Å². The zero-order chi connectivity index (χ0) is 24.4. The first-order chi connectivity index (χ1) is 16.3. The Morgan fingerprint density at radius 3 is 1.97 bits per heavy atom. The van der Waals surface area contributed by atoms with Crippen LogP contribution in [0.25, 0.3) is 22.5 Å². The van der Waals surface area contributed by atoms with E-state index in [9.17, 15) is 20.1 Å². The number of nitrogens with zero attached hydrogens (tertiary/aromatic N) is 3. The van der Waals surface area contributed by atoms with E-state index in [1.807, 2.05) is 37.3 Å². The Balaban J connectivity index is 1.74. The normalized spacial score (nSPS) is 11.4. The fraction of sp³-hybridized carbons (Fsp3) is 0.115. The number of carbonyl (C=O) groups excluding carboxylic acids is 2. The third-order valence-corrected chi connectivity index (χ3v) is 7.42. The maximum absolute atomic E-state index is 13.1. The number of ketones is 2. The third-order valence-electron chi connectivity index (χ3n) is 5.22. The lowest BCUT2D eigenvalue weighted by Gasteiger charge is -2.03. The molecule has 0 N–H and O–H groups in total. The predicted octanol–water partition coefficient (Wildman–Crippen LogP) is 6.47. The van der Waals surface area contributed by atoms with Crippen molar-refractivity contribution in [1.29, 1.82) is 10.5 Å². The highest BCUT2D eigenvalue weighted by Gasteiger charge is 2.23. The van der Waals surface area contributed by atoms with Gasteiger partial charge in [-0.05, 0) is 32.9 Å². The molecule has 0 bridgehead atoms. The van der Waals surface area contributed by atoms with E-state index in [1.165, 1.54) is 29.6 Å². The summed E-state index contributed by atoms with van der Waals surface area (Å²) >= 11 is 2.51. The molecule has 3 heterocycles. The minimum Gasteiger partial charge on any atom is -0.356 e. The molecule has 166 valence electrons. The van der Waals surface area contributed by atoms with Crippen LogP contribution in [-0.4, -0.2) is 16.7 Å². The van der Waals surface area contributed by atoms with Crippen molar-refractivity contribution in [3.05, 3.63) is 84.9 Å². The quantitative estimate of drug-likeness (QED) is 0.230. The van der Waals surface area contributed by atoms with E-state index in [4.69, 9.17) is 4.52 Å². The fourth-order valence-corrected chi connectivity index (χ4v) is 5.39. The second-order valence-electron chi connectivity index (χ2n) is 7.46. The number of hydrogen-bond donors (Lipinski definition) is 0. The van der Waals surface area contributed by atoms with E-state index in [-0.39, 0.29) is 28.4 Å². The van der Waals surface area contributed by atoms with Gasteiger partial charge in [-0.1, -0.05) is 35.5 Å². The SMILES string of the molecule is CC(=O)c1cc(/C(C#N)=C(/C#N)c2cc(C(=O)c3cc(-c4ccccc4)on3)sc2C)c(C)s1. The first-order valence-electron chi connectivity index (χ1n) is 10.2. The fourth-order valence-electron chi connectivity index (χ4n) is 3.49. The van der Waals surface area contributed by atoms with Crippen molar-refractivity contribution < 1.29 is 14.1 Å². The van der Waals surface area contributed by atoms with Gasteiger partial charge >= 0.3 is 0 Å². The molecular weight excluding hydrogens is 466 g/mol. The van der Waals surface area contributed by atoms with Crippen LogP contribution in [-0.2, 0) is 0 Å². The van der Waals surface area contributed by atoms with Crippen molar-refractivity contribution in [3.63, 3.8) is 0 Å². The number of nitriles is 2. The Morgan fingerprint density at radius 2 is 1.44 bits per heavy atom. The number of carbonyl (C=O) groups is 2. The van der Waals surface area contributed by atoms with Crippen molar-refractivity contribution >= 4 is 45.4 Å². The molecule has 0 atom stereocenters. The molecule has 6 nitrogen and oxygen atoms in total. The number of aromatic nitrogens is 1. The average molecular weight is 484 g/mol. The summed E-state index contributed by atoms with van der Waals surface area (Å²) in [7, 11) is 0. The van der Waals surface area contributed by atoms with Crippen LogP contribution in [0.2, 0.25) is 0 Å². The molecule has 0 aliphatic rings. The van der Waals surface area contributed by atoms with Gasteiger partial charge in [-0.3, -0.25) is 9.59 Å². The monoisotopic (exact) mass is 483 g/mol. The Hall–Kier alpha value is -4.11. The van der Waals surface area contributed by atoms with Gasteiger partial charge in [-0.25, -0.2) is 0 Å². The Morgan fingerprint density at radius 1 is 0.882 bits per heavy atom. The van der Waals surface area contributed by atoms with Crippen LogP contribution in [0.4, 0.5) is 0 Å². The number of Topliss-reactive ketones (excluding diaryl/α,β-unsaturated/α-hetero) is 1. The number of hydrogen-bond acceptors (Lipinski definition) is 8. The van der Waals surface area contributed by atoms with Gasteiger partial charge in [0.1, 0.15) is 12.1 Å². The van der Waals surface area contributed by atoms with Crippen LogP contribution in [0.1, 0.15) is 52.8 Å². The third kappa shape index (κ3) is 4.25. The number of benzene rings is 1. The maximum Gasteiger partial charge on any atom is 0.224 e. The highest BCUT2D eigenvalue weighted by Crippen LogP contribution is 2.36. The second-order valence-corrected chi connectivity index (χ2v) is 9.98. The van der Waals surface area contributed by atoms with Crippen LogP contribution < -0.4 is 0 Å². The molecule has 0 amide bonds. The molecular formula is C26H17N3O3S2. The summed E-state index contributed by atoms with van der Waals surface area (Å²) in [6.45, 7) is 5.07. The summed E-state index contributed by atoms with van der Waals surface area (Å²) < 4.78 is 5.35. The summed E-state index contributed by atoms with van der Waals surface area (Å²) in [4.78, 5) is 27.3. The van der Waals surface area contributed by atoms with Crippen molar-refractivity contribution in [2.75, 3.05) is 0 Å². The molecule has 0 saturated carbocycles. The molecule has 0 saturated heterocycles. The largest absolute Gasteiger partial charge is 0.356 e. The first kappa shape index (κ1) is 23.1. The molecule has 0 aliphatic heterocycles. The van der Waals surface area contributed by atoms with E-state index in [1.54, 1.807) is 25.1 Å². The van der Waals surface area contributed by atoms with Gasteiger partial charge in [-0.15, -0.1) is 22.7 Å². The Labute approximate surface area is 204 Å². The van der Waals surface area contributed by atoms with Crippen LogP contribution in [0.5, 0.6) is 0 Å². The second kappa shape index (κ2) is 9.40. The van der Waals surface area contributed by atoms with Crippen molar-refractivity contribution in [1.82, 2.24) is 5.16 Å². The van der Waals surface area contributed by atoms with Crippen LogP contribution in [0.15, 0.2) is 53.1 Å². The summed E-state index contributed by atoms with van der Waals surface area (Å²) in [5, 5.41) is 23.7. The van der Waals surface area contributed by atoms with Crippen molar-refractivity contribution in [3.8, 4) is 23.5 Å². The lowest BCUT2D eigenvalue weighted by molar-refractivity contribution is 0.101. The molecule has 0 spiro atoms. The summed E-state index contributed by atoms with van der Waals surface area (Å²) in [6, 6.07) is 18.4. The Kier molecular flexibility index (Phi) is 6.38. The van der Waals surface area contributed by atoms with Crippen LogP contribution in [0.3, 0.4) is 0 Å². The molecule has 0 fully saturated rings. The van der Waals surface area contributed by atoms with E-state index in [0.29, 0.717) is 26.6 Å². The summed E-state index contributed by atoms with van der Waals surface area (Å²) in [5.74, 6) is 0.0555. The zero-order valence-electron chi connectivity index (χ0n) is 18.5. The molecule has 0 radical (unpaired) electrons. The first-order valence-corrected chi connectivity index (χ1v) is 11.8. The molecule has 1 aromatic carbocycles. The van der Waals surface area contributed by atoms with Gasteiger partial charge in [0, 0.05) is 32.5 Å². The molecule has 0 aliphatic carbocycles. The summed E-state index contributed by atoms with van der Waals surface area (Å²) in [6.07, 6.45) is 0. The van der Waals surface area contributed by atoms with E-state index in [2.05, 4.69) is 17.3 Å². The molecule has 8 heteroatoms. The van der Waals surface area contributed by atoms with Gasteiger partial charge in [-0.2, -0.15) is 10.5 Å². The molecule has 34 heavy (non-hydrogen) atoms. The topological polar surface area (TPSA) is 108 Å². The Bertz CT molecular complexity index is 1540. The molecule has 4 aromatic rings. The minimum atomic E-state index is -0.327. The van der Waals surface area contributed by atoms with Gasteiger partial charge in [0.15, 0.2) is 17.2 Å². The smallest absolute Gasteiger partial charge is 0.224 e. The number of allylic oxidation sites excluding steroid dienone is 2. The highest BCUT2D eigenvalue weighted by atomic mass is 32.1. The minimum absolute atomic E-state index is 0.0998. The lowest BCUT2D eigenvalue weighted by Crippen LogP contribution is -1.98. The average Bonchev–Trinajstić information content (AvgIpc) is 3.56. The van der Waals surface area contributed by atoms with Crippen LogP contribution in [0, 0.1) is 36.5 Å². The standard InChI is InChI=1S/C26H17N3O3S2/c1-14(30)24-9-18(15(2)33-24)20(12-27)21(13-28)19-10-25(34-16(19)3)26(31)22-11-23(32-29-22)17-7-5-4-6-8-17/h4-11H,1-3H3/b21-20-. The zero-order valence-corrected chi connectivity index (χ0v) is 20.1. The highest BCUT2D eigenvalue weighted by molar-refractivity contribution is 7.14. The molecule has 3 aromatic heterocycles. The molecule has 4 rings (SSSR count).